The second-order valence-electron chi connectivity index (χ2n) is 5.79. The topological polar surface area (TPSA) is 98.5 Å². The molecule has 1 aromatic heterocycles. The molecule has 1 amide bonds. The van der Waals surface area contributed by atoms with Crippen LogP contribution in [0.5, 0.6) is 0 Å². The Kier molecular flexibility index (Phi) is 5.50. The molecular formula is C18H11F3N2O5S. The van der Waals surface area contributed by atoms with E-state index < -0.39 is 35.1 Å². The number of thiophene rings is 1. The summed E-state index contributed by atoms with van der Waals surface area (Å²) in [4.78, 5) is 34.3. The maximum atomic E-state index is 12.7. The Bertz CT molecular complexity index is 1110. The minimum absolute atomic E-state index is 0.0879. The van der Waals surface area contributed by atoms with Crippen LogP contribution in [-0.4, -0.2) is 23.4 Å². The SMILES string of the molecule is O=C(COC(=O)c1cc2cc([N+](=O)[O-])ccc2s1)Nc1cccc(C(F)(F)F)c1. The van der Waals surface area contributed by atoms with E-state index in [1.807, 2.05) is 0 Å². The van der Waals surface area contributed by atoms with Crippen molar-refractivity contribution >= 4 is 44.7 Å². The van der Waals surface area contributed by atoms with E-state index in [1.54, 1.807) is 0 Å². The quantitative estimate of drug-likeness (QED) is 0.366. The number of nitrogens with one attached hydrogen (secondary N) is 1. The zero-order chi connectivity index (χ0) is 21.2. The molecule has 2 aromatic carbocycles. The number of nitro benzene ring substituents is 1. The van der Waals surface area contributed by atoms with Crippen LogP contribution in [0.1, 0.15) is 15.2 Å². The van der Waals surface area contributed by atoms with Crippen molar-refractivity contribution in [1.82, 2.24) is 0 Å². The van der Waals surface area contributed by atoms with Gasteiger partial charge in [0.25, 0.3) is 11.6 Å². The number of carbonyl (C=O) groups excluding carboxylic acids is 2. The van der Waals surface area contributed by atoms with Crippen LogP contribution in [0.2, 0.25) is 0 Å². The molecule has 0 fully saturated rings. The summed E-state index contributed by atoms with van der Waals surface area (Å²) in [6.45, 7) is -0.705. The highest BCUT2D eigenvalue weighted by Gasteiger charge is 2.30. The molecule has 0 bridgehead atoms. The molecule has 0 saturated carbocycles. The Labute approximate surface area is 164 Å². The number of rotatable bonds is 5. The van der Waals surface area contributed by atoms with Crippen LogP contribution in [0.25, 0.3) is 10.1 Å². The molecule has 1 N–H and O–H groups in total. The van der Waals surface area contributed by atoms with E-state index in [0.717, 1.165) is 29.5 Å². The van der Waals surface area contributed by atoms with Gasteiger partial charge in [-0.05, 0) is 30.3 Å². The Balaban J connectivity index is 1.62. The number of anilines is 1. The lowest BCUT2D eigenvalue weighted by molar-refractivity contribution is -0.384. The Morgan fingerprint density at radius 3 is 2.59 bits per heavy atom. The molecule has 0 unspecified atom stereocenters. The van der Waals surface area contributed by atoms with Crippen molar-refractivity contribution in [2.75, 3.05) is 11.9 Å². The lowest BCUT2D eigenvalue weighted by atomic mass is 10.2. The number of nitrogens with zero attached hydrogens (tertiary/aromatic N) is 1. The average Bonchev–Trinajstić information content (AvgIpc) is 3.09. The van der Waals surface area contributed by atoms with Crippen LogP contribution in [0.4, 0.5) is 24.5 Å². The van der Waals surface area contributed by atoms with Crippen LogP contribution in [-0.2, 0) is 15.7 Å². The Morgan fingerprint density at radius 2 is 1.90 bits per heavy atom. The fourth-order valence-corrected chi connectivity index (χ4v) is 3.35. The maximum absolute atomic E-state index is 12.7. The summed E-state index contributed by atoms with van der Waals surface area (Å²) < 4.78 is 43.5. The molecule has 150 valence electrons. The molecule has 0 aliphatic heterocycles. The first-order valence-corrected chi connectivity index (χ1v) is 8.77. The molecule has 29 heavy (non-hydrogen) atoms. The fourth-order valence-electron chi connectivity index (χ4n) is 2.42. The molecule has 0 atom stereocenters. The number of ether oxygens (including phenoxy) is 1. The number of esters is 1. The van der Waals surface area contributed by atoms with Gasteiger partial charge < -0.3 is 10.1 Å². The summed E-state index contributed by atoms with van der Waals surface area (Å²) in [7, 11) is 0. The Hall–Kier alpha value is -3.47. The van der Waals surface area contributed by atoms with Crippen molar-refractivity contribution in [2.24, 2.45) is 0 Å². The molecule has 0 aliphatic rings. The van der Waals surface area contributed by atoms with Crippen LogP contribution in [0.15, 0.2) is 48.5 Å². The predicted octanol–water partition coefficient (Wildman–Crippen LogP) is 4.62. The molecule has 7 nitrogen and oxygen atoms in total. The van der Waals surface area contributed by atoms with Crippen molar-refractivity contribution in [1.29, 1.82) is 0 Å². The number of amides is 1. The normalized spacial score (nSPS) is 11.3. The standard InChI is InChI=1S/C18H11F3N2O5S/c19-18(20,21)11-2-1-3-12(8-11)22-16(24)9-28-17(25)15-7-10-6-13(23(26)27)4-5-14(10)29-15/h1-8H,9H2,(H,22,24). The first-order valence-electron chi connectivity index (χ1n) is 7.96. The number of hydrogen-bond acceptors (Lipinski definition) is 6. The third-order valence-electron chi connectivity index (χ3n) is 3.72. The lowest BCUT2D eigenvalue weighted by Gasteiger charge is -2.10. The summed E-state index contributed by atoms with van der Waals surface area (Å²) in [6, 6.07) is 9.55. The van der Waals surface area contributed by atoms with E-state index in [0.29, 0.717) is 10.1 Å². The molecule has 3 rings (SSSR count). The predicted molar refractivity (Wildman–Crippen MR) is 98.8 cm³/mol. The van der Waals surface area contributed by atoms with E-state index in [4.69, 9.17) is 4.74 Å². The number of benzene rings is 2. The van der Waals surface area contributed by atoms with Gasteiger partial charge in [-0.25, -0.2) is 4.79 Å². The van der Waals surface area contributed by atoms with Crippen molar-refractivity contribution in [3.63, 3.8) is 0 Å². The van der Waals surface area contributed by atoms with E-state index in [2.05, 4.69) is 5.32 Å². The van der Waals surface area contributed by atoms with Gasteiger partial charge in [-0.1, -0.05) is 6.07 Å². The second-order valence-corrected chi connectivity index (χ2v) is 6.88. The van der Waals surface area contributed by atoms with Crippen molar-refractivity contribution in [3.05, 3.63) is 69.1 Å². The highest BCUT2D eigenvalue weighted by Crippen LogP contribution is 2.31. The zero-order valence-corrected chi connectivity index (χ0v) is 15.2. The van der Waals surface area contributed by atoms with Gasteiger partial charge in [0.15, 0.2) is 6.61 Å². The number of halogens is 3. The molecule has 0 spiro atoms. The number of carbonyl (C=O) groups is 2. The number of nitro groups is 1. The van der Waals surface area contributed by atoms with Crippen LogP contribution in [0.3, 0.4) is 0 Å². The van der Waals surface area contributed by atoms with Gasteiger partial charge in [0.05, 0.1) is 10.5 Å². The van der Waals surface area contributed by atoms with Gasteiger partial charge in [0, 0.05) is 27.9 Å². The molecule has 1 heterocycles. The van der Waals surface area contributed by atoms with E-state index in [9.17, 15) is 32.9 Å². The summed E-state index contributed by atoms with van der Waals surface area (Å²) in [5.74, 6) is -1.64. The minimum atomic E-state index is -4.55. The maximum Gasteiger partial charge on any atom is 0.416 e. The second kappa shape index (κ2) is 7.87. The summed E-state index contributed by atoms with van der Waals surface area (Å²) in [5, 5.41) is 13.5. The van der Waals surface area contributed by atoms with E-state index >= 15 is 0 Å². The first kappa shape index (κ1) is 20.3. The highest BCUT2D eigenvalue weighted by atomic mass is 32.1. The molecule has 0 aliphatic carbocycles. The first-order chi connectivity index (χ1) is 13.6. The Morgan fingerprint density at radius 1 is 1.14 bits per heavy atom. The van der Waals surface area contributed by atoms with Crippen LogP contribution in [0, 0.1) is 10.1 Å². The summed E-state index contributed by atoms with van der Waals surface area (Å²) in [6.07, 6.45) is -4.55. The van der Waals surface area contributed by atoms with Gasteiger partial charge in [0.1, 0.15) is 4.88 Å². The van der Waals surface area contributed by atoms with Gasteiger partial charge in [-0.15, -0.1) is 11.3 Å². The smallest absolute Gasteiger partial charge is 0.416 e. The number of hydrogen-bond donors (Lipinski definition) is 1. The van der Waals surface area contributed by atoms with Crippen molar-refractivity contribution in [3.8, 4) is 0 Å². The fraction of sp³-hybridized carbons (Fsp3) is 0.111. The molecular weight excluding hydrogens is 413 g/mol. The van der Waals surface area contributed by atoms with Crippen LogP contribution >= 0.6 is 11.3 Å². The molecule has 11 heteroatoms. The van der Waals surface area contributed by atoms with Crippen molar-refractivity contribution in [2.45, 2.75) is 6.18 Å². The number of fused-ring (bicyclic) bond motifs is 1. The third kappa shape index (κ3) is 4.88. The van der Waals surface area contributed by atoms with Gasteiger partial charge in [-0.3, -0.25) is 14.9 Å². The zero-order valence-electron chi connectivity index (χ0n) is 14.4. The van der Waals surface area contributed by atoms with Gasteiger partial charge in [-0.2, -0.15) is 13.2 Å². The van der Waals surface area contributed by atoms with Gasteiger partial charge in [0.2, 0.25) is 0 Å². The molecule has 3 aromatic rings. The summed E-state index contributed by atoms with van der Waals surface area (Å²) in [5.41, 5.74) is -1.14. The van der Waals surface area contributed by atoms with E-state index in [1.165, 1.54) is 30.3 Å². The van der Waals surface area contributed by atoms with Crippen LogP contribution < -0.4 is 5.32 Å². The van der Waals surface area contributed by atoms with E-state index in [-0.39, 0.29) is 16.3 Å². The molecule has 0 radical (unpaired) electrons. The summed E-state index contributed by atoms with van der Waals surface area (Å²) >= 11 is 1.03. The monoisotopic (exact) mass is 424 g/mol. The third-order valence-corrected chi connectivity index (χ3v) is 4.82. The average molecular weight is 424 g/mol. The van der Waals surface area contributed by atoms with Gasteiger partial charge >= 0.3 is 12.1 Å². The number of non-ortho nitro benzene ring substituents is 1. The highest BCUT2D eigenvalue weighted by molar-refractivity contribution is 7.20. The lowest BCUT2D eigenvalue weighted by Crippen LogP contribution is -2.20. The molecule has 0 saturated heterocycles. The largest absolute Gasteiger partial charge is 0.451 e. The number of alkyl halides is 3. The van der Waals surface area contributed by atoms with Crippen molar-refractivity contribution < 1.29 is 32.4 Å². The minimum Gasteiger partial charge on any atom is -0.451 e.